The number of hydrogen-bond donors (Lipinski definition) is 1. The molecule has 1 aromatic carbocycles. The molecule has 1 heterocycles. The van der Waals surface area contributed by atoms with Crippen molar-refractivity contribution in [3.63, 3.8) is 0 Å². The van der Waals surface area contributed by atoms with Gasteiger partial charge in [-0.1, -0.05) is 28.1 Å². The first-order valence-electron chi connectivity index (χ1n) is 7.43. The minimum absolute atomic E-state index is 0.325. The average Bonchev–Trinajstić information content (AvgIpc) is 2.84. The van der Waals surface area contributed by atoms with Crippen LogP contribution in [-0.4, -0.2) is 24.0 Å². The van der Waals surface area contributed by atoms with Gasteiger partial charge in [0.1, 0.15) is 0 Å². The molecule has 2 aliphatic rings. The summed E-state index contributed by atoms with van der Waals surface area (Å²) in [5.74, 6) is 0.671. The first-order valence-corrected chi connectivity index (χ1v) is 8.23. The Hall–Kier alpha value is -0.380. The van der Waals surface area contributed by atoms with Crippen LogP contribution in [0.2, 0.25) is 0 Å². The Morgan fingerprint density at radius 3 is 3.00 bits per heavy atom. The molecule has 0 aromatic heterocycles. The molecule has 1 aliphatic heterocycles. The van der Waals surface area contributed by atoms with Gasteiger partial charge in [0.05, 0.1) is 0 Å². The molecule has 3 atom stereocenters. The molecule has 0 bridgehead atoms. The van der Waals surface area contributed by atoms with Crippen molar-refractivity contribution in [2.24, 2.45) is 11.7 Å². The molecule has 1 aliphatic carbocycles. The molecule has 104 valence electrons. The molecular formula is C16H23BrN2. The van der Waals surface area contributed by atoms with Gasteiger partial charge in [-0.15, -0.1) is 0 Å². The fourth-order valence-corrected chi connectivity index (χ4v) is 4.30. The topological polar surface area (TPSA) is 29.3 Å². The van der Waals surface area contributed by atoms with Crippen LogP contribution >= 0.6 is 15.9 Å². The van der Waals surface area contributed by atoms with Crippen LogP contribution in [0.3, 0.4) is 0 Å². The zero-order valence-corrected chi connectivity index (χ0v) is 13.2. The van der Waals surface area contributed by atoms with Gasteiger partial charge in [0.25, 0.3) is 0 Å². The van der Waals surface area contributed by atoms with Gasteiger partial charge in [-0.25, -0.2) is 0 Å². The molecule has 2 N–H and O–H groups in total. The van der Waals surface area contributed by atoms with Crippen molar-refractivity contribution in [3.05, 3.63) is 33.8 Å². The van der Waals surface area contributed by atoms with Crippen LogP contribution in [0.1, 0.15) is 43.4 Å². The van der Waals surface area contributed by atoms with Crippen molar-refractivity contribution in [1.29, 1.82) is 0 Å². The van der Waals surface area contributed by atoms with Crippen molar-refractivity contribution < 1.29 is 0 Å². The fraction of sp³-hybridized carbons (Fsp3) is 0.625. The second-order valence-corrected chi connectivity index (χ2v) is 6.97. The lowest BCUT2D eigenvalue weighted by atomic mass is 9.90. The first kappa shape index (κ1) is 13.6. The quantitative estimate of drug-likeness (QED) is 0.903. The lowest BCUT2D eigenvalue weighted by Crippen LogP contribution is -2.43. The summed E-state index contributed by atoms with van der Waals surface area (Å²) in [6.07, 6.45) is 5.07. The molecule has 3 heteroatoms. The lowest BCUT2D eigenvalue weighted by Gasteiger charge is -2.38. The van der Waals surface area contributed by atoms with Crippen LogP contribution < -0.4 is 5.73 Å². The van der Waals surface area contributed by atoms with E-state index in [9.17, 15) is 0 Å². The average molecular weight is 323 g/mol. The smallest absolute Gasteiger partial charge is 0.0354 e. The second kappa shape index (κ2) is 5.55. The van der Waals surface area contributed by atoms with Crippen molar-refractivity contribution in [2.75, 3.05) is 13.1 Å². The van der Waals surface area contributed by atoms with Crippen LogP contribution in [0.5, 0.6) is 0 Å². The zero-order valence-electron chi connectivity index (χ0n) is 11.6. The molecule has 0 amide bonds. The molecule has 19 heavy (non-hydrogen) atoms. The maximum absolute atomic E-state index is 6.11. The molecule has 0 spiro atoms. The monoisotopic (exact) mass is 322 g/mol. The molecule has 1 aromatic rings. The normalized spacial score (nSPS) is 29.2. The van der Waals surface area contributed by atoms with Gasteiger partial charge in [0.2, 0.25) is 0 Å². The number of hydrogen-bond acceptors (Lipinski definition) is 2. The summed E-state index contributed by atoms with van der Waals surface area (Å²) in [6, 6.07) is 7.60. The SMILES string of the molecule is CC(N)C1CCCN(C2CCc3c(Br)cccc32)C1. The minimum atomic E-state index is 0.325. The van der Waals surface area contributed by atoms with Crippen molar-refractivity contribution in [1.82, 2.24) is 4.90 Å². The maximum atomic E-state index is 6.11. The number of likely N-dealkylation sites (tertiary alicyclic amines) is 1. The van der Waals surface area contributed by atoms with Crippen molar-refractivity contribution in [2.45, 2.75) is 44.7 Å². The van der Waals surface area contributed by atoms with E-state index in [0.29, 0.717) is 18.0 Å². The van der Waals surface area contributed by atoms with Gasteiger partial charge < -0.3 is 5.73 Å². The van der Waals surface area contributed by atoms with Gasteiger partial charge in [0, 0.05) is 23.1 Å². The van der Waals surface area contributed by atoms with Crippen LogP contribution in [0.25, 0.3) is 0 Å². The highest BCUT2D eigenvalue weighted by Crippen LogP contribution is 2.40. The fourth-order valence-electron chi connectivity index (χ4n) is 3.72. The number of benzene rings is 1. The Morgan fingerprint density at radius 2 is 2.21 bits per heavy atom. The highest BCUT2D eigenvalue weighted by atomic mass is 79.9. The summed E-state index contributed by atoms with van der Waals surface area (Å²) in [6.45, 7) is 4.57. The van der Waals surface area contributed by atoms with Crippen LogP contribution in [0, 0.1) is 5.92 Å². The molecule has 0 saturated carbocycles. The number of fused-ring (bicyclic) bond motifs is 1. The third-order valence-corrected chi connectivity index (χ3v) is 5.60. The van der Waals surface area contributed by atoms with Gasteiger partial charge in [-0.05, 0) is 62.3 Å². The zero-order chi connectivity index (χ0) is 13.4. The highest BCUT2D eigenvalue weighted by molar-refractivity contribution is 9.10. The highest BCUT2D eigenvalue weighted by Gasteiger charge is 2.32. The van der Waals surface area contributed by atoms with Crippen molar-refractivity contribution in [3.8, 4) is 0 Å². The van der Waals surface area contributed by atoms with Gasteiger partial charge >= 0.3 is 0 Å². The maximum Gasteiger partial charge on any atom is 0.0354 e. The summed E-state index contributed by atoms with van der Waals surface area (Å²) in [5.41, 5.74) is 9.18. The number of halogens is 1. The summed E-state index contributed by atoms with van der Waals surface area (Å²) >= 11 is 3.70. The molecule has 3 unspecified atom stereocenters. The second-order valence-electron chi connectivity index (χ2n) is 6.12. The molecular weight excluding hydrogens is 300 g/mol. The van der Waals surface area contributed by atoms with Crippen molar-refractivity contribution >= 4 is 15.9 Å². The van der Waals surface area contributed by atoms with E-state index in [1.807, 2.05) is 0 Å². The molecule has 2 nitrogen and oxygen atoms in total. The van der Waals surface area contributed by atoms with Crippen LogP contribution in [0.15, 0.2) is 22.7 Å². The number of piperidine rings is 1. The molecule has 1 fully saturated rings. The number of nitrogens with two attached hydrogens (primary N) is 1. The van der Waals surface area contributed by atoms with Gasteiger partial charge in [0.15, 0.2) is 0 Å². The Bertz CT molecular complexity index is 458. The summed E-state index contributed by atoms with van der Waals surface area (Å²) in [5, 5.41) is 0. The Labute approximate surface area is 124 Å². The largest absolute Gasteiger partial charge is 0.328 e. The lowest BCUT2D eigenvalue weighted by molar-refractivity contribution is 0.113. The predicted octanol–water partition coefficient (Wildman–Crippen LogP) is 3.50. The van der Waals surface area contributed by atoms with E-state index in [-0.39, 0.29) is 0 Å². The minimum Gasteiger partial charge on any atom is -0.328 e. The van der Waals surface area contributed by atoms with E-state index in [2.05, 4.69) is 46.0 Å². The Morgan fingerprint density at radius 1 is 1.37 bits per heavy atom. The summed E-state index contributed by atoms with van der Waals surface area (Å²) in [7, 11) is 0. The van der Waals surface area contributed by atoms with Crippen LogP contribution in [-0.2, 0) is 6.42 Å². The Balaban J connectivity index is 1.80. The standard InChI is InChI=1S/C16H23BrN2/c1-11(18)12-4-3-9-19(10-12)16-8-7-13-14(16)5-2-6-15(13)17/h2,5-6,11-12,16H,3-4,7-10,18H2,1H3. The third-order valence-electron chi connectivity index (χ3n) is 4.86. The molecule has 3 rings (SSSR count). The summed E-state index contributed by atoms with van der Waals surface area (Å²) in [4.78, 5) is 2.68. The van der Waals surface area contributed by atoms with E-state index in [4.69, 9.17) is 5.73 Å². The van der Waals surface area contributed by atoms with Gasteiger partial charge in [-0.2, -0.15) is 0 Å². The molecule has 1 saturated heterocycles. The summed E-state index contributed by atoms with van der Waals surface area (Å²) < 4.78 is 1.29. The Kier molecular flexibility index (Phi) is 3.97. The van der Waals surface area contributed by atoms with E-state index in [0.717, 1.165) is 0 Å². The number of rotatable bonds is 2. The van der Waals surface area contributed by atoms with E-state index in [1.54, 1.807) is 5.56 Å². The number of nitrogens with zero attached hydrogens (tertiary/aromatic N) is 1. The van der Waals surface area contributed by atoms with E-state index < -0.39 is 0 Å². The van der Waals surface area contributed by atoms with E-state index >= 15 is 0 Å². The van der Waals surface area contributed by atoms with Crippen LogP contribution in [0.4, 0.5) is 0 Å². The third kappa shape index (κ3) is 2.61. The van der Waals surface area contributed by atoms with E-state index in [1.165, 1.54) is 48.8 Å². The first-order chi connectivity index (χ1) is 9.16. The van der Waals surface area contributed by atoms with Gasteiger partial charge in [-0.3, -0.25) is 4.90 Å². The predicted molar refractivity (Wildman–Crippen MR) is 83.2 cm³/mol. The molecule has 0 radical (unpaired) electrons.